The van der Waals surface area contributed by atoms with Crippen molar-refractivity contribution >= 4 is 0 Å². The zero-order valence-electron chi connectivity index (χ0n) is 19.8. The normalized spacial score (nSPS) is 30.2. The van der Waals surface area contributed by atoms with Crippen LogP contribution in [0.5, 0.6) is 0 Å². The van der Waals surface area contributed by atoms with E-state index in [0.717, 1.165) is 16.7 Å². The molecular weight excluding hydrogens is 444 g/mol. The van der Waals surface area contributed by atoms with Crippen LogP contribution in [0.2, 0.25) is 0 Å². The highest BCUT2D eigenvalue weighted by Crippen LogP contribution is 2.37. The molecule has 1 aliphatic carbocycles. The summed E-state index contributed by atoms with van der Waals surface area (Å²) in [5, 5.41) is 11.4. The molecule has 35 heavy (non-hydrogen) atoms. The summed E-state index contributed by atoms with van der Waals surface area (Å²) in [6.45, 7) is 2.94. The van der Waals surface area contributed by atoms with Crippen LogP contribution in [0.25, 0.3) is 0 Å². The van der Waals surface area contributed by atoms with E-state index in [2.05, 4.69) is 0 Å². The molecule has 2 aliphatic rings. The molecule has 3 aromatic rings. The summed E-state index contributed by atoms with van der Waals surface area (Å²) in [5.41, 5.74) is 3.09. The maximum Gasteiger partial charge on any atom is 0.156 e. The van der Waals surface area contributed by atoms with Crippen LogP contribution in [-0.2, 0) is 43.5 Å². The summed E-state index contributed by atoms with van der Waals surface area (Å²) in [4.78, 5) is 0. The third kappa shape index (κ3) is 5.81. The second-order valence-electron chi connectivity index (χ2n) is 9.04. The van der Waals surface area contributed by atoms with E-state index in [0.29, 0.717) is 19.8 Å². The number of fused-ring (bicyclic) bond motifs is 2. The third-order valence-corrected chi connectivity index (χ3v) is 6.52. The van der Waals surface area contributed by atoms with Gasteiger partial charge in [0.15, 0.2) is 6.29 Å². The molecule has 1 heterocycles. The fraction of sp³-hybridized carbons (Fsp3) is 0.379. The largest absolute Gasteiger partial charge is 0.387 e. The fourth-order valence-electron chi connectivity index (χ4n) is 4.80. The van der Waals surface area contributed by atoms with E-state index in [4.69, 9.17) is 23.7 Å². The van der Waals surface area contributed by atoms with Crippen LogP contribution in [0.15, 0.2) is 91.0 Å². The van der Waals surface area contributed by atoms with Crippen molar-refractivity contribution in [1.29, 1.82) is 0 Å². The lowest BCUT2D eigenvalue weighted by molar-refractivity contribution is -0.365. The maximum absolute atomic E-state index is 11.4. The monoisotopic (exact) mass is 476 g/mol. The number of hydrogen-bond donors (Lipinski definition) is 1. The average Bonchev–Trinajstić information content (AvgIpc) is 2.89. The molecule has 0 amide bonds. The lowest BCUT2D eigenvalue weighted by Crippen LogP contribution is -2.70. The van der Waals surface area contributed by atoms with E-state index in [9.17, 15) is 5.11 Å². The maximum atomic E-state index is 11.4. The first-order valence-electron chi connectivity index (χ1n) is 12.1. The van der Waals surface area contributed by atoms with Gasteiger partial charge in [-0.25, -0.2) is 0 Å². The van der Waals surface area contributed by atoms with Crippen molar-refractivity contribution in [3.8, 4) is 0 Å². The van der Waals surface area contributed by atoms with E-state index < -0.39 is 42.9 Å². The highest BCUT2D eigenvalue weighted by Gasteiger charge is 2.57. The highest BCUT2D eigenvalue weighted by molar-refractivity contribution is 5.16. The summed E-state index contributed by atoms with van der Waals surface area (Å²) in [5.74, 6) is 0. The number of hydrogen-bond acceptors (Lipinski definition) is 6. The molecule has 0 spiro atoms. The molecule has 1 saturated carbocycles. The number of ether oxygens (including phenoxy) is 5. The molecule has 2 bridgehead atoms. The molecule has 0 aromatic heterocycles. The van der Waals surface area contributed by atoms with Crippen LogP contribution in [0.4, 0.5) is 0 Å². The topological polar surface area (TPSA) is 66.4 Å². The van der Waals surface area contributed by atoms with Crippen molar-refractivity contribution in [3.05, 3.63) is 108 Å². The van der Waals surface area contributed by atoms with Crippen LogP contribution in [0, 0.1) is 0 Å². The average molecular weight is 477 g/mol. The Morgan fingerprint density at radius 1 is 0.571 bits per heavy atom. The minimum atomic E-state index is -0.943. The summed E-state index contributed by atoms with van der Waals surface area (Å²) in [6, 6.07) is 29.8. The van der Waals surface area contributed by atoms with Gasteiger partial charge in [-0.1, -0.05) is 91.0 Å². The quantitative estimate of drug-likeness (QED) is 0.498. The number of aliphatic hydroxyl groups is 1. The van der Waals surface area contributed by atoms with E-state index in [1.54, 1.807) is 0 Å². The van der Waals surface area contributed by atoms with Crippen LogP contribution < -0.4 is 0 Å². The van der Waals surface area contributed by atoms with Crippen molar-refractivity contribution in [2.24, 2.45) is 0 Å². The predicted molar refractivity (Wildman–Crippen MR) is 130 cm³/mol. The van der Waals surface area contributed by atoms with Crippen LogP contribution in [0.3, 0.4) is 0 Å². The molecule has 3 aromatic carbocycles. The zero-order chi connectivity index (χ0) is 24.0. The highest BCUT2D eigenvalue weighted by atomic mass is 16.7. The van der Waals surface area contributed by atoms with Gasteiger partial charge in [-0.05, 0) is 23.6 Å². The summed E-state index contributed by atoms with van der Waals surface area (Å²) in [6.07, 6.45) is -4.15. The Balaban J connectivity index is 1.38. The summed E-state index contributed by atoms with van der Waals surface area (Å²) < 4.78 is 31.3. The standard InChI is InChI=1S/C29H32O6/c1-20-34-28-25(31-17-21-11-5-2-6-12-21)24(30)26(32-18-22-13-7-3-8-14-22)29(35-20)27(28)33-19-23-15-9-4-10-16-23/h2-16,20,24-30H,17-19H2,1H3/t20?,24?,25-,26-,27?,28-,29+/m1/s1. The molecule has 1 saturated heterocycles. The van der Waals surface area contributed by atoms with Gasteiger partial charge in [-0.2, -0.15) is 0 Å². The Morgan fingerprint density at radius 3 is 1.29 bits per heavy atom. The van der Waals surface area contributed by atoms with Gasteiger partial charge in [-0.3, -0.25) is 0 Å². The molecule has 184 valence electrons. The second-order valence-corrected chi connectivity index (χ2v) is 9.04. The zero-order valence-corrected chi connectivity index (χ0v) is 19.8. The van der Waals surface area contributed by atoms with Gasteiger partial charge < -0.3 is 28.8 Å². The van der Waals surface area contributed by atoms with Crippen molar-refractivity contribution in [1.82, 2.24) is 0 Å². The van der Waals surface area contributed by atoms with Crippen molar-refractivity contribution in [2.45, 2.75) is 69.7 Å². The summed E-state index contributed by atoms with van der Waals surface area (Å²) in [7, 11) is 0. The van der Waals surface area contributed by atoms with Gasteiger partial charge >= 0.3 is 0 Å². The lowest BCUT2D eigenvalue weighted by Gasteiger charge is -2.52. The van der Waals surface area contributed by atoms with Gasteiger partial charge in [0, 0.05) is 0 Å². The molecule has 3 unspecified atom stereocenters. The molecular formula is C29H32O6. The Hall–Kier alpha value is -2.58. The van der Waals surface area contributed by atoms with Crippen LogP contribution >= 0.6 is 0 Å². The van der Waals surface area contributed by atoms with Gasteiger partial charge in [0.2, 0.25) is 0 Å². The van der Waals surface area contributed by atoms with Gasteiger partial charge in [0.1, 0.15) is 36.6 Å². The molecule has 1 N–H and O–H groups in total. The Morgan fingerprint density at radius 2 is 0.914 bits per heavy atom. The van der Waals surface area contributed by atoms with E-state index >= 15 is 0 Å². The lowest BCUT2D eigenvalue weighted by atomic mass is 9.83. The van der Waals surface area contributed by atoms with E-state index in [1.807, 2.05) is 97.9 Å². The molecule has 2 fully saturated rings. The first-order valence-corrected chi connectivity index (χ1v) is 12.1. The first-order chi connectivity index (χ1) is 17.2. The van der Waals surface area contributed by atoms with Crippen LogP contribution in [0.1, 0.15) is 23.6 Å². The smallest absolute Gasteiger partial charge is 0.156 e. The van der Waals surface area contributed by atoms with E-state index in [-0.39, 0.29) is 0 Å². The van der Waals surface area contributed by atoms with Crippen molar-refractivity contribution in [2.75, 3.05) is 0 Å². The molecule has 0 radical (unpaired) electrons. The fourth-order valence-corrected chi connectivity index (χ4v) is 4.80. The van der Waals surface area contributed by atoms with Crippen molar-refractivity contribution in [3.63, 3.8) is 0 Å². The molecule has 5 rings (SSSR count). The van der Waals surface area contributed by atoms with Crippen LogP contribution in [-0.4, -0.2) is 48.0 Å². The minimum Gasteiger partial charge on any atom is -0.387 e. The Bertz CT molecular complexity index is 904. The molecule has 7 atom stereocenters. The number of aliphatic hydroxyl groups excluding tert-OH is 1. The van der Waals surface area contributed by atoms with Gasteiger partial charge in [0.05, 0.1) is 19.8 Å². The molecule has 6 heteroatoms. The SMILES string of the molecule is CC1O[C@@H]2C(OCc3ccccc3)[C@H](O1)[C@H](OCc1ccccc1)C(O)[C@H]2OCc1ccccc1. The van der Waals surface area contributed by atoms with Gasteiger partial charge in [0.25, 0.3) is 0 Å². The molecule has 1 aliphatic heterocycles. The summed E-state index contributed by atoms with van der Waals surface area (Å²) >= 11 is 0. The minimum absolute atomic E-state index is 0.346. The van der Waals surface area contributed by atoms with Gasteiger partial charge in [-0.15, -0.1) is 0 Å². The number of rotatable bonds is 9. The number of benzene rings is 3. The van der Waals surface area contributed by atoms with Crippen molar-refractivity contribution < 1.29 is 28.8 Å². The Kier molecular flexibility index (Phi) is 7.88. The first kappa shape index (κ1) is 24.1. The predicted octanol–water partition coefficient (Wildman–Crippen LogP) is 4.25. The van der Waals surface area contributed by atoms with E-state index in [1.165, 1.54) is 0 Å². The second kappa shape index (κ2) is 11.4. The molecule has 6 nitrogen and oxygen atoms in total. The third-order valence-electron chi connectivity index (χ3n) is 6.52. The Labute approximate surface area is 206 Å².